The number of aliphatic carboxylic acids is 2. The Hall–Kier alpha value is -2.37. The zero-order chi connectivity index (χ0) is 18.5. The van der Waals surface area contributed by atoms with Crippen molar-refractivity contribution in [1.29, 1.82) is 0 Å². The average Bonchev–Trinajstić information content (AvgIpc) is 3.26. The molecule has 1 amide bonds. The number of aryl methyl sites for hydroxylation is 1. The summed E-state index contributed by atoms with van der Waals surface area (Å²) in [4.78, 5) is 32.6. The zero-order valence-corrected chi connectivity index (χ0v) is 15.3. The first-order valence-corrected chi connectivity index (χ1v) is 8.06. The van der Waals surface area contributed by atoms with Crippen LogP contribution in [0.15, 0.2) is 54.6 Å². The Labute approximate surface area is 163 Å². The molecule has 6 nitrogen and oxygen atoms in total. The smallest absolute Gasteiger partial charge is 0.550 e. The fraction of sp³-hybridized carbons (Fsp3) is 0.316. The molecule has 2 rings (SSSR count). The van der Waals surface area contributed by atoms with Gasteiger partial charge in [0, 0.05) is 12.4 Å². The number of amides is 1. The van der Waals surface area contributed by atoms with Gasteiger partial charge in [0.1, 0.15) is 0 Å². The van der Waals surface area contributed by atoms with Crippen LogP contribution in [-0.2, 0) is 37.9 Å². The van der Waals surface area contributed by atoms with E-state index >= 15 is 0 Å². The maximum Gasteiger partial charge on any atom is 2.00 e. The molecule has 1 N–H and O–H groups in total. The number of carboxylic acids is 2. The second kappa shape index (κ2) is 13.9. The molecule has 0 fully saturated rings. The van der Waals surface area contributed by atoms with Crippen LogP contribution in [-0.4, -0.2) is 23.9 Å². The number of nitrogens with one attached hydrogen (secondary N) is 1. The van der Waals surface area contributed by atoms with Crippen molar-refractivity contribution in [2.24, 2.45) is 0 Å². The molecule has 0 radical (unpaired) electrons. The Morgan fingerprint density at radius 3 is 2.08 bits per heavy atom. The van der Waals surface area contributed by atoms with Crippen LogP contribution in [0.3, 0.4) is 0 Å². The number of hydrogen-bond acceptors (Lipinski definition) is 5. The van der Waals surface area contributed by atoms with Crippen molar-refractivity contribution in [3.8, 4) is 0 Å². The molecule has 142 valence electrons. The topological polar surface area (TPSA) is 109 Å². The summed E-state index contributed by atoms with van der Waals surface area (Å²) in [5.74, 6) is -3.28. The molecule has 0 bridgehead atoms. The molecule has 0 spiro atoms. The van der Waals surface area contributed by atoms with Crippen LogP contribution < -0.4 is 15.5 Å². The standard InChI is InChI=1S/C14H18NO5.C5H5.Fe/c16-12(7-3-6-10-4-1-2-5-10)15-11(14(19)20)8-9-13(17)18;1-2-4-5-3-1;/h1-2,4-5,11H,3,6-9H2,(H,15,16)(H,17,18)(H,19,20);1-5H;/q2*-1;+2/p-2/t11-;;/m0../s1. The SMILES string of the molecule is O=C([O-])CC[C@H](NC(=O)CCC[c-]1cccc1)C(=O)[O-].[Fe+2].c1cc[cH-]c1. The van der Waals surface area contributed by atoms with E-state index in [0.717, 1.165) is 12.0 Å². The van der Waals surface area contributed by atoms with Gasteiger partial charge >= 0.3 is 17.1 Å². The predicted octanol–water partition coefficient (Wildman–Crippen LogP) is -0.104. The molecule has 0 saturated heterocycles. The molecule has 2 aromatic carbocycles. The van der Waals surface area contributed by atoms with Gasteiger partial charge in [-0.3, -0.25) is 4.79 Å². The first-order chi connectivity index (χ1) is 12.0. The van der Waals surface area contributed by atoms with Crippen LogP contribution >= 0.6 is 0 Å². The average molecular weight is 399 g/mol. The minimum Gasteiger partial charge on any atom is -0.550 e. The summed E-state index contributed by atoms with van der Waals surface area (Å²) in [7, 11) is 0. The minimum atomic E-state index is -1.49. The van der Waals surface area contributed by atoms with E-state index in [2.05, 4.69) is 5.32 Å². The molecule has 7 heteroatoms. The predicted molar refractivity (Wildman–Crippen MR) is 88.2 cm³/mol. The van der Waals surface area contributed by atoms with Crippen molar-refractivity contribution in [2.45, 2.75) is 38.1 Å². The molecule has 2 aromatic rings. The first kappa shape index (κ1) is 23.6. The summed E-state index contributed by atoms with van der Waals surface area (Å²) >= 11 is 0. The summed E-state index contributed by atoms with van der Waals surface area (Å²) in [6.45, 7) is 0. The van der Waals surface area contributed by atoms with E-state index in [0.29, 0.717) is 6.42 Å². The van der Waals surface area contributed by atoms with Gasteiger partial charge in [-0.25, -0.2) is 24.3 Å². The quantitative estimate of drug-likeness (QED) is 0.468. The van der Waals surface area contributed by atoms with Crippen LogP contribution in [0.2, 0.25) is 0 Å². The van der Waals surface area contributed by atoms with Gasteiger partial charge in [-0.2, -0.15) is 35.9 Å². The van der Waals surface area contributed by atoms with Crippen molar-refractivity contribution in [1.82, 2.24) is 5.32 Å². The van der Waals surface area contributed by atoms with Crippen LogP contribution in [0.4, 0.5) is 0 Å². The van der Waals surface area contributed by atoms with Crippen molar-refractivity contribution < 1.29 is 41.7 Å². The summed E-state index contributed by atoms with van der Waals surface area (Å²) < 4.78 is 0. The van der Waals surface area contributed by atoms with E-state index in [4.69, 9.17) is 0 Å². The fourth-order valence-corrected chi connectivity index (χ4v) is 2.13. The van der Waals surface area contributed by atoms with Gasteiger partial charge in [0.2, 0.25) is 5.91 Å². The second-order valence-electron chi connectivity index (χ2n) is 5.46. The van der Waals surface area contributed by atoms with E-state index in [1.54, 1.807) is 0 Å². The molecule has 0 heterocycles. The van der Waals surface area contributed by atoms with E-state index in [1.165, 1.54) is 0 Å². The Morgan fingerprint density at radius 2 is 1.62 bits per heavy atom. The maximum atomic E-state index is 11.6. The third-order valence-electron chi connectivity index (χ3n) is 3.41. The Balaban J connectivity index is 0.000000893. The summed E-state index contributed by atoms with van der Waals surface area (Å²) in [5.41, 5.74) is 1.12. The fourth-order valence-electron chi connectivity index (χ4n) is 2.13. The molecule has 0 aliphatic heterocycles. The minimum absolute atomic E-state index is 0. The monoisotopic (exact) mass is 399 g/mol. The molecule has 26 heavy (non-hydrogen) atoms. The van der Waals surface area contributed by atoms with Crippen LogP contribution in [0.5, 0.6) is 0 Å². The number of rotatable bonds is 9. The number of hydrogen-bond donors (Lipinski definition) is 1. The van der Waals surface area contributed by atoms with Crippen molar-refractivity contribution in [2.75, 3.05) is 0 Å². The summed E-state index contributed by atoms with van der Waals surface area (Å²) in [6.07, 6.45) is 0.831. The van der Waals surface area contributed by atoms with E-state index in [1.807, 2.05) is 54.6 Å². The van der Waals surface area contributed by atoms with Crippen molar-refractivity contribution in [3.05, 3.63) is 60.2 Å². The zero-order valence-electron chi connectivity index (χ0n) is 14.2. The molecule has 0 aromatic heterocycles. The largest absolute Gasteiger partial charge is 2.00 e. The third-order valence-corrected chi connectivity index (χ3v) is 3.41. The van der Waals surface area contributed by atoms with Gasteiger partial charge in [0.25, 0.3) is 0 Å². The molecule has 0 saturated carbocycles. The molecule has 0 aliphatic rings. The van der Waals surface area contributed by atoms with Crippen molar-refractivity contribution >= 4 is 17.8 Å². The maximum absolute atomic E-state index is 11.6. The Morgan fingerprint density at radius 1 is 1.00 bits per heavy atom. The van der Waals surface area contributed by atoms with Gasteiger partial charge in [-0.1, -0.05) is 12.8 Å². The van der Waals surface area contributed by atoms with Gasteiger partial charge in [-0.15, -0.1) is 0 Å². The molecule has 1 atom stereocenters. The van der Waals surface area contributed by atoms with E-state index in [-0.39, 0.29) is 29.9 Å². The molecular weight excluding hydrogens is 378 g/mol. The third kappa shape index (κ3) is 11.2. The summed E-state index contributed by atoms with van der Waals surface area (Å²) in [6, 6.07) is 16.4. The number of carbonyl (C=O) groups is 3. The molecule has 0 aliphatic carbocycles. The Bertz CT molecular complexity index is 605. The van der Waals surface area contributed by atoms with Crippen LogP contribution in [0, 0.1) is 0 Å². The Kier molecular flexibility index (Phi) is 12.6. The van der Waals surface area contributed by atoms with Gasteiger partial charge in [0.05, 0.1) is 12.0 Å². The van der Waals surface area contributed by atoms with E-state index < -0.39 is 30.3 Å². The van der Waals surface area contributed by atoms with E-state index in [9.17, 15) is 24.6 Å². The number of carbonyl (C=O) groups excluding carboxylic acids is 3. The van der Waals surface area contributed by atoms with Crippen molar-refractivity contribution in [3.63, 3.8) is 0 Å². The molecule has 0 unspecified atom stereocenters. The normalized spacial score (nSPS) is 10.6. The number of carboxylic acid groups (broad SMARTS) is 2. The van der Waals surface area contributed by atoms with Gasteiger partial charge < -0.3 is 25.1 Å². The van der Waals surface area contributed by atoms with Gasteiger partial charge in [0.15, 0.2) is 0 Å². The van der Waals surface area contributed by atoms with Crippen LogP contribution in [0.1, 0.15) is 31.2 Å². The van der Waals surface area contributed by atoms with Gasteiger partial charge in [-0.05, 0) is 12.8 Å². The second-order valence-corrected chi connectivity index (χ2v) is 5.46. The first-order valence-electron chi connectivity index (χ1n) is 8.06. The van der Waals surface area contributed by atoms with Crippen LogP contribution in [0.25, 0.3) is 0 Å². The summed E-state index contributed by atoms with van der Waals surface area (Å²) in [5, 5.41) is 23.3. The molecular formula is C19H21FeNO5-2.